The third-order valence-corrected chi connectivity index (χ3v) is 10.8. The molecule has 53 heavy (non-hydrogen) atoms. The van der Waals surface area contributed by atoms with Gasteiger partial charge in [0.2, 0.25) is 0 Å². The molecule has 0 heterocycles. The van der Waals surface area contributed by atoms with Crippen LogP contribution in [0.3, 0.4) is 0 Å². The monoisotopic (exact) mass is 689 g/mol. The molecule has 7 rings (SSSR count). The summed E-state index contributed by atoms with van der Waals surface area (Å²) in [7, 11) is 0. The fourth-order valence-corrected chi connectivity index (χ4v) is 7.75. The van der Waals surface area contributed by atoms with Crippen LogP contribution in [0.1, 0.15) is 68.4 Å². The number of hydrogen-bond donors (Lipinski definition) is 0. The first-order chi connectivity index (χ1) is 26.1. The molecule has 0 radical (unpaired) electrons. The van der Waals surface area contributed by atoms with Crippen molar-refractivity contribution in [2.24, 2.45) is 5.92 Å². The van der Waals surface area contributed by atoms with E-state index in [1.165, 1.54) is 55.9 Å². The SMILES string of the molecule is C=CC/C=C(\C=C)c1ccc(-c2ccc(N(/C=C/C=C(\C=C)C3=CCCC=C3)/C3=C/C4=C(C=CCC4)C/C=C\C4=C[C@H]4C3)cc2C2C=CC=CC2)cc1. The van der Waals surface area contributed by atoms with Gasteiger partial charge in [-0.25, -0.2) is 0 Å². The summed E-state index contributed by atoms with van der Waals surface area (Å²) in [4.78, 5) is 2.46. The Kier molecular flexibility index (Phi) is 11.6. The first kappa shape index (κ1) is 35.7. The maximum Gasteiger partial charge on any atom is 0.0455 e. The molecule has 0 fully saturated rings. The first-order valence-electron chi connectivity index (χ1n) is 19.3. The molecular weight excluding hydrogens is 639 g/mol. The number of rotatable bonds is 12. The molecule has 0 saturated heterocycles. The van der Waals surface area contributed by atoms with E-state index in [1.807, 2.05) is 18.2 Å². The fourth-order valence-electron chi connectivity index (χ4n) is 7.75. The van der Waals surface area contributed by atoms with Gasteiger partial charge >= 0.3 is 0 Å². The van der Waals surface area contributed by atoms with Gasteiger partial charge in [-0.3, -0.25) is 0 Å². The Morgan fingerprint density at radius 1 is 0.811 bits per heavy atom. The van der Waals surface area contributed by atoms with E-state index in [4.69, 9.17) is 0 Å². The van der Waals surface area contributed by atoms with Crippen molar-refractivity contribution < 1.29 is 0 Å². The smallest absolute Gasteiger partial charge is 0.0455 e. The van der Waals surface area contributed by atoms with Crippen LogP contribution in [0.5, 0.6) is 0 Å². The number of fused-ring (bicyclic) bond motifs is 1. The van der Waals surface area contributed by atoms with E-state index >= 15 is 0 Å². The lowest BCUT2D eigenvalue weighted by Crippen LogP contribution is -2.18. The zero-order valence-electron chi connectivity index (χ0n) is 31.0. The van der Waals surface area contributed by atoms with Gasteiger partial charge in [-0.1, -0.05) is 147 Å². The van der Waals surface area contributed by atoms with Gasteiger partial charge in [-0.15, -0.1) is 6.58 Å². The van der Waals surface area contributed by atoms with Crippen LogP contribution in [0.4, 0.5) is 5.69 Å². The van der Waals surface area contributed by atoms with Crippen LogP contribution in [0.25, 0.3) is 16.7 Å². The van der Waals surface area contributed by atoms with Gasteiger partial charge in [0.1, 0.15) is 0 Å². The standard InChI is InChI=1S/C52H51N/c1-4-7-18-39(5-2)43-28-30-45(31-29-43)51-33-32-49(38-52(51)44-22-12-9-13-23-44)53(34-17-27-40(6-3)41-19-10-8-11-20-41)50-36-47-24-15-14-21-42(47)25-16-26-46-35-48(46)37-50/h4-6,9-10,12-14,16-22,26-36,38,44,48H,1-3,7-8,11,15,23-25,37H2/b26-16-,34-17+,39-18+,40-27+,50-36+/t44?,48-/m0/s1. The summed E-state index contributed by atoms with van der Waals surface area (Å²) in [5, 5.41) is 0. The van der Waals surface area contributed by atoms with Crippen molar-refractivity contribution in [1.82, 2.24) is 0 Å². The highest BCUT2D eigenvalue weighted by molar-refractivity contribution is 5.78. The minimum Gasteiger partial charge on any atom is -0.321 e. The maximum absolute atomic E-state index is 4.17. The summed E-state index contributed by atoms with van der Waals surface area (Å²) < 4.78 is 0. The van der Waals surface area contributed by atoms with Crippen LogP contribution in [0.2, 0.25) is 0 Å². The number of anilines is 1. The van der Waals surface area contributed by atoms with Gasteiger partial charge in [0.05, 0.1) is 0 Å². The molecule has 0 aliphatic heterocycles. The van der Waals surface area contributed by atoms with E-state index in [-0.39, 0.29) is 5.92 Å². The van der Waals surface area contributed by atoms with Crippen molar-refractivity contribution in [3.05, 3.63) is 229 Å². The molecule has 0 bridgehead atoms. The van der Waals surface area contributed by atoms with Crippen molar-refractivity contribution in [2.45, 2.75) is 57.3 Å². The Morgan fingerprint density at radius 3 is 2.45 bits per heavy atom. The second-order valence-corrected chi connectivity index (χ2v) is 14.3. The van der Waals surface area contributed by atoms with Crippen LogP contribution < -0.4 is 4.90 Å². The number of hydrogen-bond acceptors (Lipinski definition) is 1. The lowest BCUT2D eigenvalue weighted by molar-refractivity contribution is 0.827. The maximum atomic E-state index is 4.17. The van der Waals surface area contributed by atoms with Crippen molar-refractivity contribution in [3.63, 3.8) is 0 Å². The molecule has 1 unspecified atom stereocenters. The zero-order valence-corrected chi connectivity index (χ0v) is 31.0. The average molecular weight is 690 g/mol. The van der Waals surface area contributed by atoms with E-state index in [0.29, 0.717) is 5.92 Å². The molecule has 2 aromatic carbocycles. The second-order valence-electron chi connectivity index (χ2n) is 14.3. The van der Waals surface area contributed by atoms with E-state index in [0.717, 1.165) is 62.5 Å². The summed E-state index contributed by atoms with van der Waals surface area (Å²) in [6.07, 6.45) is 52.9. The van der Waals surface area contributed by atoms with Crippen LogP contribution >= 0.6 is 0 Å². The molecule has 0 N–H and O–H groups in total. The summed E-state index contributed by atoms with van der Waals surface area (Å²) in [5.41, 5.74) is 15.4. The quantitative estimate of drug-likeness (QED) is 0.158. The third kappa shape index (κ3) is 8.70. The molecule has 264 valence electrons. The Balaban J connectivity index is 1.33. The summed E-state index contributed by atoms with van der Waals surface area (Å²) in [6, 6.07) is 16.1. The van der Waals surface area contributed by atoms with Crippen molar-refractivity contribution >= 4 is 11.3 Å². The molecule has 0 saturated carbocycles. The van der Waals surface area contributed by atoms with Crippen molar-refractivity contribution in [1.29, 1.82) is 0 Å². The predicted molar refractivity (Wildman–Crippen MR) is 230 cm³/mol. The minimum absolute atomic E-state index is 0.284. The molecule has 0 aromatic heterocycles. The Hall–Kier alpha value is -5.66. The molecule has 2 atom stereocenters. The lowest BCUT2D eigenvalue weighted by atomic mass is 9.85. The van der Waals surface area contributed by atoms with Gasteiger partial charge < -0.3 is 4.90 Å². The van der Waals surface area contributed by atoms with E-state index < -0.39 is 0 Å². The zero-order chi connectivity index (χ0) is 36.4. The molecule has 0 amide bonds. The normalized spacial score (nSPS) is 22.6. The molecule has 1 heteroatoms. The van der Waals surface area contributed by atoms with Crippen molar-refractivity contribution in [2.75, 3.05) is 4.90 Å². The second kappa shape index (κ2) is 17.2. The molecule has 1 nitrogen and oxygen atoms in total. The highest BCUT2D eigenvalue weighted by Gasteiger charge is 2.27. The molecular formula is C52H51N. The molecule has 5 aliphatic carbocycles. The van der Waals surface area contributed by atoms with Gasteiger partial charge in [-0.05, 0) is 131 Å². The molecule has 5 aliphatic rings. The summed E-state index contributed by atoms with van der Waals surface area (Å²) >= 11 is 0. The van der Waals surface area contributed by atoms with E-state index in [1.54, 1.807) is 0 Å². The highest BCUT2D eigenvalue weighted by Crippen LogP contribution is 2.42. The van der Waals surface area contributed by atoms with Crippen LogP contribution in [-0.2, 0) is 0 Å². The van der Waals surface area contributed by atoms with Gasteiger partial charge in [-0.2, -0.15) is 0 Å². The summed E-state index contributed by atoms with van der Waals surface area (Å²) in [6.45, 7) is 12.1. The lowest BCUT2D eigenvalue weighted by Gasteiger charge is -2.28. The predicted octanol–water partition coefficient (Wildman–Crippen LogP) is 14.2. The number of allylic oxidation sites excluding steroid dienone is 26. The Labute approximate surface area is 317 Å². The highest BCUT2D eigenvalue weighted by atomic mass is 15.1. The van der Waals surface area contributed by atoms with E-state index in [9.17, 15) is 0 Å². The van der Waals surface area contributed by atoms with Gasteiger partial charge in [0, 0.05) is 29.4 Å². The van der Waals surface area contributed by atoms with Crippen LogP contribution in [-0.4, -0.2) is 0 Å². The topological polar surface area (TPSA) is 3.24 Å². The average Bonchev–Trinajstić information content (AvgIpc) is 3.97. The number of benzene rings is 2. The largest absolute Gasteiger partial charge is 0.321 e. The molecule has 0 spiro atoms. The number of nitrogens with zero attached hydrogens (tertiary/aromatic N) is 1. The first-order valence-corrected chi connectivity index (χ1v) is 19.3. The third-order valence-electron chi connectivity index (χ3n) is 10.8. The fraction of sp³-hybridized carbons (Fsp3) is 0.192. The van der Waals surface area contributed by atoms with E-state index in [2.05, 4.69) is 171 Å². The summed E-state index contributed by atoms with van der Waals surface area (Å²) in [5.74, 6) is 0.753. The van der Waals surface area contributed by atoms with Crippen LogP contribution in [0, 0.1) is 5.92 Å². The Morgan fingerprint density at radius 2 is 1.68 bits per heavy atom. The van der Waals surface area contributed by atoms with Gasteiger partial charge in [0.15, 0.2) is 0 Å². The van der Waals surface area contributed by atoms with Crippen molar-refractivity contribution in [3.8, 4) is 11.1 Å². The van der Waals surface area contributed by atoms with Crippen LogP contribution in [0.15, 0.2) is 217 Å². The molecule has 2 aromatic rings. The van der Waals surface area contributed by atoms with Gasteiger partial charge in [0.25, 0.3) is 0 Å². The Bertz CT molecular complexity index is 2120. The minimum atomic E-state index is 0.284.